The van der Waals surface area contributed by atoms with Crippen LogP contribution in [0, 0.1) is 3.57 Å². The van der Waals surface area contributed by atoms with Crippen molar-refractivity contribution >= 4 is 22.6 Å². The van der Waals surface area contributed by atoms with Gasteiger partial charge in [-0.25, -0.2) is 0 Å². The third-order valence-electron chi connectivity index (χ3n) is 6.77. The first kappa shape index (κ1) is 29.0. The molecule has 0 heterocycles. The molecule has 0 bridgehead atoms. The van der Waals surface area contributed by atoms with Crippen molar-refractivity contribution < 1.29 is 0 Å². The fourth-order valence-electron chi connectivity index (χ4n) is 4.68. The lowest BCUT2D eigenvalue weighted by Crippen LogP contribution is -1.97. The summed E-state index contributed by atoms with van der Waals surface area (Å²) in [7, 11) is 0. The van der Waals surface area contributed by atoms with Crippen molar-refractivity contribution in [2.75, 3.05) is 0 Å². The van der Waals surface area contributed by atoms with Crippen LogP contribution in [0.3, 0.4) is 0 Å². The molecule has 0 saturated carbocycles. The third kappa shape index (κ3) is 17.1. The van der Waals surface area contributed by atoms with Crippen LogP contribution in [0.5, 0.6) is 0 Å². The fraction of sp³-hybridized carbons (Fsp3) is 0.800. The van der Waals surface area contributed by atoms with E-state index in [0.717, 1.165) is 0 Å². The molecule has 0 N–H and O–H groups in total. The van der Waals surface area contributed by atoms with E-state index in [4.69, 9.17) is 0 Å². The van der Waals surface area contributed by atoms with Crippen LogP contribution >= 0.6 is 22.6 Å². The fourth-order valence-corrected chi connectivity index (χ4v) is 5.23. The zero-order valence-corrected chi connectivity index (χ0v) is 23.3. The maximum Gasteiger partial charge on any atom is 0.0133 e. The molecule has 0 aliphatic heterocycles. The molecule has 0 aliphatic rings. The average Bonchev–Trinajstić information content (AvgIpc) is 2.77. The molecule has 1 aromatic carbocycles. The van der Waals surface area contributed by atoms with Crippen LogP contribution < -0.4 is 0 Å². The molecule has 0 atom stereocenters. The zero-order valence-electron chi connectivity index (χ0n) is 21.2. The van der Waals surface area contributed by atoms with Crippen molar-refractivity contribution in [3.8, 4) is 0 Å². The minimum atomic E-state index is 1.29. The topological polar surface area (TPSA) is 0 Å². The second-order valence-corrected chi connectivity index (χ2v) is 11.0. The lowest BCUT2D eigenvalue weighted by atomic mass is 9.96. The van der Waals surface area contributed by atoms with Gasteiger partial charge in [0, 0.05) is 3.57 Å². The van der Waals surface area contributed by atoms with Gasteiger partial charge in [-0.2, -0.15) is 0 Å². The van der Waals surface area contributed by atoms with Gasteiger partial charge in [0.15, 0.2) is 0 Å². The molecule has 0 nitrogen and oxygen atoms in total. The summed E-state index contributed by atoms with van der Waals surface area (Å²) < 4.78 is 1.41. The minimum absolute atomic E-state index is 1.29. The lowest BCUT2D eigenvalue weighted by Gasteiger charge is -2.11. The van der Waals surface area contributed by atoms with Gasteiger partial charge in [0.1, 0.15) is 0 Å². The Hall–Kier alpha value is -0.0500. The van der Waals surface area contributed by atoms with E-state index in [2.05, 4.69) is 54.6 Å². The van der Waals surface area contributed by atoms with Crippen molar-refractivity contribution in [2.24, 2.45) is 0 Å². The van der Waals surface area contributed by atoms with Gasteiger partial charge in [-0.3, -0.25) is 0 Å². The maximum absolute atomic E-state index is 2.49. The first-order valence-corrected chi connectivity index (χ1v) is 15.1. The molecular formula is C30H53I. The maximum atomic E-state index is 2.49. The van der Waals surface area contributed by atoms with Crippen LogP contribution in [0.4, 0.5) is 0 Å². The molecule has 0 aromatic heterocycles. The third-order valence-corrected chi connectivity index (χ3v) is 7.44. The van der Waals surface area contributed by atoms with Crippen LogP contribution in [-0.4, -0.2) is 0 Å². The van der Waals surface area contributed by atoms with E-state index in [1.807, 2.05) is 0 Å². The molecule has 1 aromatic rings. The van der Waals surface area contributed by atoms with Crippen molar-refractivity contribution in [1.29, 1.82) is 0 Å². The van der Waals surface area contributed by atoms with Crippen LogP contribution in [0.15, 0.2) is 18.2 Å². The standard InChI is InChI=1S/C30H53I/c1-3-5-7-9-11-13-15-17-19-21-23-28-25-26-30(31)27-29(28)24-22-20-18-16-14-12-10-8-6-4-2/h25-27H,3-24H2,1-2H3. The lowest BCUT2D eigenvalue weighted by molar-refractivity contribution is 0.553. The Morgan fingerprint density at radius 2 is 0.806 bits per heavy atom. The van der Waals surface area contributed by atoms with E-state index in [1.165, 1.54) is 145 Å². The Bertz CT molecular complexity index is 507. The van der Waals surface area contributed by atoms with Crippen LogP contribution in [0.1, 0.15) is 153 Å². The number of benzene rings is 1. The van der Waals surface area contributed by atoms with Crippen molar-refractivity contribution in [3.05, 3.63) is 32.9 Å². The highest BCUT2D eigenvalue weighted by Gasteiger charge is 2.04. The Labute approximate surface area is 209 Å². The summed E-state index contributed by atoms with van der Waals surface area (Å²) in [5, 5.41) is 0. The van der Waals surface area contributed by atoms with Gasteiger partial charge in [-0.15, -0.1) is 0 Å². The Morgan fingerprint density at radius 3 is 1.23 bits per heavy atom. The van der Waals surface area contributed by atoms with E-state index in [1.54, 1.807) is 11.1 Å². The van der Waals surface area contributed by atoms with Crippen molar-refractivity contribution in [2.45, 2.75) is 155 Å². The summed E-state index contributed by atoms with van der Waals surface area (Å²) in [4.78, 5) is 0. The number of aryl methyl sites for hydroxylation is 2. The van der Waals surface area contributed by atoms with Gasteiger partial charge in [0.25, 0.3) is 0 Å². The first-order valence-electron chi connectivity index (χ1n) is 14.0. The molecule has 0 radical (unpaired) electrons. The molecule has 180 valence electrons. The van der Waals surface area contributed by atoms with Gasteiger partial charge < -0.3 is 0 Å². The normalized spacial score (nSPS) is 11.3. The smallest absolute Gasteiger partial charge is 0.0133 e. The largest absolute Gasteiger partial charge is 0.0654 e. The van der Waals surface area contributed by atoms with Gasteiger partial charge >= 0.3 is 0 Å². The summed E-state index contributed by atoms with van der Waals surface area (Å²) in [5.41, 5.74) is 3.28. The van der Waals surface area contributed by atoms with Crippen molar-refractivity contribution in [3.63, 3.8) is 0 Å². The predicted octanol–water partition coefficient (Wildman–Crippen LogP) is 11.2. The quantitative estimate of drug-likeness (QED) is 0.101. The highest BCUT2D eigenvalue weighted by molar-refractivity contribution is 14.1. The summed E-state index contributed by atoms with van der Waals surface area (Å²) in [6.45, 7) is 4.60. The molecule has 31 heavy (non-hydrogen) atoms. The monoisotopic (exact) mass is 540 g/mol. The van der Waals surface area contributed by atoms with Gasteiger partial charge in [-0.05, 0) is 71.5 Å². The van der Waals surface area contributed by atoms with Gasteiger partial charge in [-0.1, -0.05) is 135 Å². The molecule has 0 unspecified atom stereocenters. The van der Waals surface area contributed by atoms with E-state index in [9.17, 15) is 0 Å². The summed E-state index contributed by atoms with van der Waals surface area (Å²) >= 11 is 2.49. The molecule has 1 rings (SSSR count). The number of halogens is 1. The molecule has 0 fully saturated rings. The molecule has 0 saturated heterocycles. The Kier molecular flexibility index (Phi) is 20.4. The molecular weight excluding hydrogens is 487 g/mol. The second-order valence-electron chi connectivity index (χ2n) is 9.78. The minimum Gasteiger partial charge on any atom is -0.0654 e. The van der Waals surface area contributed by atoms with Crippen LogP contribution in [-0.2, 0) is 12.8 Å². The molecule has 1 heteroatoms. The second kappa shape index (κ2) is 21.8. The zero-order chi connectivity index (χ0) is 22.4. The van der Waals surface area contributed by atoms with Crippen LogP contribution in [0.25, 0.3) is 0 Å². The summed E-state index contributed by atoms with van der Waals surface area (Å²) in [5.74, 6) is 0. The SMILES string of the molecule is CCCCCCCCCCCCc1ccc(I)cc1CCCCCCCCCCCC. The Balaban J connectivity index is 2.10. The molecule has 0 spiro atoms. The van der Waals surface area contributed by atoms with Gasteiger partial charge in [0.2, 0.25) is 0 Å². The highest BCUT2D eigenvalue weighted by Crippen LogP contribution is 2.20. The summed E-state index contributed by atoms with van der Waals surface area (Å²) in [6, 6.07) is 7.19. The van der Waals surface area contributed by atoms with E-state index in [0.29, 0.717) is 0 Å². The number of unbranched alkanes of at least 4 members (excludes halogenated alkanes) is 18. The van der Waals surface area contributed by atoms with E-state index >= 15 is 0 Å². The van der Waals surface area contributed by atoms with Crippen molar-refractivity contribution in [1.82, 2.24) is 0 Å². The first-order chi connectivity index (χ1) is 15.3. The van der Waals surface area contributed by atoms with Crippen LogP contribution in [0.2, 0.25) is 0 Å². The number of hydrogen-bond acceptors (Lipinski definition) is 0. The highest BCUT2D eigenvalue weighted by atomic mass is 127. The predicted molar refractivity (Wildman–Crippen MR) is 150 cm³/mol. The Morgan fingerprint density at radius 1 is 0.452 bits per heavy atom. The number of rotatable bonds is 22. The molecule has 0 amide bonds. The average molecular weight is 541 g/mol. The summed E-state index contributed by atoms with van der Waals surface area (Å²) in [6.07, 6.45) is 31.2. The number of hydrogen-bond donors (Lipinski definition) is 0. The van der Waals surface area contributed by atoms with Gasteiger partial charge in [0.05, 0.1) is 0 Å². The van der Waals surface area contributed by atoms with E-state index in [-0.39, 0.29) is 0 Å². The van der Waals surface area contributed by atoms with E-state index < -0.39 is 0 Å². The molecule has 0 aliphatic carbocycles.